The Bertz CT molecular complexity index is 850. The zero-order chi connectivity index (χ0) is 22.0. The number of carbonyl (C=O) groups is 1. The predicted octanol–water partition coefficient (Wildman–Crippen LogP) is 5.43. The number of aromatic nitrogens is 2. The molecule has 0 aliphatic heterocycles. The molecule has 1 heterocycles. The van der Waals surface area contributed by atoms with Crippen LogP contribution in [0.3, 0.4) is 0 Å². The molecule has 162 valence electrons. The average molecular weight is 410 g/mol. The summed E-state index contributed by atoms with van der Waals surface area (Å²) in [6.07, 6.45) is 1.15. The maximum absolute atomic E-state index is 13.4. The maximum Gasteiger partial charge on any atom is 0.277 e. The first-order valence-corrected chi connectivity index (χ1v) is 10.1. The molecule has 1 amide bonds. The molecule has 0 aliphatic carbocycles. The van der Waals surface area contributed by atoms with Gasteiger partial charge in [-0.25, -0.2) is 18.8 Å². The van der Waals surface area contributed by atoms with Crippen molar-refractivity contribution in [2.45, 2.75) is 71.8 Å². The molecule has 0 radical (unpaired) electrons. The number of fused-ring (bicyclic) bond motifs is 1. The van der Waals surface area contributed by atoms with Crippen molar-refractivity contribution in [2.24, 2.45) is 5.92 Å². The minimum absolute atomic E-state index is 0.120. The van der Waals surface area contributed by atoms with Crippen molar-refractivity contribution in [1.29, 1.82) is 0 Å². The Kier molecular flexibility index (Phi) is 7.04. The van der Waals surface area contributed by atoms with E-state index < -0.39 is 5.92 Å². The Morgan fingerprint density at radius 3 is 2.45 bits per heavy atom. The normalized spacial score (nSPS) is 13.7. The standard InChI is InChI=1S/C22H33F2N3O2/c1-8-15(11-12-22(5,23)24)14-27-18-10-9-16(19(28)26(6)29-7)13-17(18)25-20(27)21(2,3)4/h9-10,13,15H,8,11-12,14H2,1-7H3. The smallest absolute Gasteiger partial charge is 0.277 e. The molecule has 1 atom stereocenters. The summed E-state index contributed by atoms with van der Waals surface area (Å²) in [5.74, 6) is -1.89. The summed E-state index contributed by atoms with van der Waals surface area (Å²) in [6.45, 7) is 9.87. The monoisotopic (exact) mass is 409 g/mol. The number of halogens is 2. The molecule has 0 aliphatic rings. The van der Waals surface area contributed by atoms with E-state index in [4.69, 9.17) is 9.82 Å². The Labute approximate surface area is 172 Å². The summed E-state index contributed by atoms with van der Waals surface area (Å²) in [4.78, 5) is 22.2. The zero-order valence-corrected chi connectivity index (χ0v) is 18.6. The second-order valence-corrected chi connectivity index (χ2v) is 8.87. The molecule has 0 saturated carbocycles. The highest BCUT2D eigenvalue weighted by atomic mass is 19.3. The van der Waals surface area contributed by atoms with Crippen molar-refractivity contribution in [2.75, 3.05) is 14.2 Å². The molecule has 0 N–H and O–H groups in total. The van der Waals surface area contributed by atoms with Gasteiger partial charge >= 0.3 is 0 Å². The van der Waals surface area contributed by atoms with Gasteiger partial charge in [0.15, 0.2) is 0 Å². The Morgan fingerprint density at radius 1 is 1.28 bits per heavy atom. The topological polar surface area (TPSA) is 47.4 Å². The number of imidazole rings is 1. The molecule has 2 aromatic rings. The molecule has 7 heteroatoms. The molecule has 1 aromatic heterocycles. The third-order valence-electron chi connectivity index (χ3n) is 5.24. The van der Waals surface area contributed by atoms with Crippen LogP contribution in [-0.2, 0) is 16.8 Å². The van der Waals surface area contributed by atoms with Gasteiger partial charge in [-0.3, -0.25) is 9.63 Å². The first-order chi connectivity index (χ1) is 13.4. The highest BCUT2D eigenvalue weighted by Crippen LogP contribution is 2.30. The van der Waals surface area contributed by atoms with Gasteiger partial charge in [0, 0.05) is 31.0 Å². The van der Waals surface area contributed by atoms with Gasteiger partial charge in [-0.2, -0.15) is 0 Å². The summed E-state index contributed by atoms with van der Waals surface area (Å²) in [7, 11) is 2.99. The van der Waals surface area contributed by atoms with Crippen molar-refractivity contribution >= 4 is 16.9 Å². The van der Waals surface area contributed by atoms with E-state index in [1.165, 1.54) is 12.2 Å². The van der Waals surface area contributed by atoms with Crippen LogP contribution in [0.1, 0.15) is 70.1 Å². The lowest BCUT2D eigenvalue weighted by Crippen LogP contribution is -2.25. The fourth-order valence-electron chi connectivity index (χ4n) is 3.43. The number of nitrogens with zero attached hydrogens (tertiary/aromatic N) is 3. The predicted molar refractivity (Wildman–Crippen MR) is 111 cm³/mol. The van der Waals surface area contributed by atoms with Crippen LogP contribution in [0.5, 0.6) is 0 Å². The summed E-state index contributed by atoms with van der Waals surface area (Å²) in [5, 5.41) is 1.17. The van der Waals surface area contributed by atoms with E-state index in [2.05, 4.69) is 25.3 Å². The minimum Gasteiger partial charge on any atom is -0.327 e. The van der Waals surface area contributed by atoms with Gasteiger partial charge in [-0.05, 0) is 37.5 Å². The quantitative estimate of drug-likeness (QED) is 0.546. The van der Waals surface area contributed by atoms with E-state index in [1.54, 1.807) is 19.2 Å². The molecule has 0 fully saturated rings. The Morgan fingerprint density at radius 2 is 1.93 bits per heavy atom. The average Bonchev–Trinajstić information content (AvgIpc) is 3.00. The van der Waals surface area contributed by atoms with Crippen molar-refractivity contribution < 1.29 is 18.4 Å². The van der Waals surface area contributed by atoms with Gasteiger partial charge in [0.05, 0.1) is 18.1 Å². The van der Waals surface area contributed by atoms with Crippen LogP contribution in [0.15, 0.2) is 18.2 Å². The number of hydrogen-bond acceptors (Lipinski definition) is 3. The number of carbonyl (C=O) groups excluding carboxylic acids is 1. The van der Waals surface area contributed by atoms with E-state index in [-0.39, 0.29) is 23.7 Å². The van der Waals surface area contributed by atoms with Crippen LogP contribution in [-0.4, -0.2) is 40.6 Å². The summed E-state index contributed by atoms with van der Waals surface area (Å²) < 4.78 is 28.9. The van der Waals surface area contributed by atoms with Gasteiger partial charge in [0.1, 0.15) is 5.82 Å². The molecular weight excluding hydrogens is 376 g/mol. The zero-order valence-electron chi connectivity index (χ0n) is 18.6. The molecule has 0 bridgehead atoms. The number of alkyl halides is 2. The highest BCUT2D eigenvalue weighted by Gasteiger charge is 2.27. The fraction of sp³-hybridized carbons (Fsp3) is 0.636. The number of hydroxylamine groups is 2. The summed E-state index contributed by atoms with van der Waals surface area (Å²) >= 11 is 0. The minimum atomic E-state index is -2.65. The van der Waals surface area contributed by atoms with Gasteiger partial charge < -0.3 is 4.57 Å². The molecule has 5 nitrogen and oxygen atoms in total. The third kappa shape index (κ3) is 5.75. The molecule has 29 heavy (non-hydrogen) atoms. The fourth-order valence-corrected chi connectivity index (χ4v) is 3.43. The van der Waals surface area contributed by atoms with Crippen molar-refractivity contribution in [3.8, 4) is 0 Å². The lowest BCUT2D eigenvalue weighted by atomic mass is 9.94. The van der Waals surface area contributed by atoms with Crippen LogP contribution in [0.25, 0.3) is 11.0 Å². The Balaban J connectivity index is 2.45. The van der Waals surface area contributed by atoms with Gasteiger partial charge in [0.25, 0.3) is 5.91 Å². The van der Waals surface area contributed by atoms with Crippen molar-refractivity contribution in [3.05, 3.63) is 29.6 Å². The molecular formula is C22H33F2N3O2. The van der Waals surface area contributed by atoms with Crippen LogP contribution in [0, 0.1) is 5.92 Å². The van der Waals surface area contributed by atoms with Crippen LogP contribution >= 0.6 is 0 Å². The maximum atomic E-state index is 13.4. The largest absolute Gasteiger partial charge is 0.327 e. The molecule has 0 saturated heterocycles. The highest BCUT2D eigenvalue weighted by molar-refractivity contribution is 5.96. The van der Waals surface area contributed by atoms with E-state index in [9.17, 15) is 13.6 Å². The van der Waals surface area contributed by atoms with Crippen molar-refractivity contribution in [3.63, 3.8) is 0 Å². The first-order valence-electron chi connectivity index (χ1n) is 10.1. The van der Waals surface area contributed by atoms with Gasteiger partial charge in [-0.1, -0.05) is 34.1 Å². The number of hydrogen-bond donors (Lipinski definition) is 0. The molecule has 1 unspecified atom stereocenters. The van der Waals surface area contributed by atoms with Crippen LogP contribution in [0.4, 0.5) is 8.78 Å². The number of amides is 1. The summed E-state index contributed by atoms with van der Waals surface area (Å²) in [6, 6.07) is 5.40. The lowest BCUT2D eigenvalue weighted by Gasteiger charge is -2.24. The molecule has 0 spiro atoms. The first kappa shape index (κ1) is 23.3. The third-order valence-corrected chi connectivity index (χ3v) is 5.24. The van der Waals surface area contributed by atoms with E-state index >= 15 is 0 Å². The number of benzene rings is 1. The molecule has 1 aromatic carbocycles. The van der Waals surface area contributed by atoms with Crippen LogP contribution < -0.4 is 0 Å². The SMILES string of the molecule is CCC(CCC(C)(F)F)Cn1c(C(C)(C)C)nc2cc(C(=O)N(C)OC)ccc21. The van der Waals surface area contributed by atoms with E-state index in [0.29, 0.717) is 18.5 Å². The second kappa shape index (κ2) is 8.78. The summed E-state index contributed by atoms with van der Waals surface area (Å²) in [5.41, 5.74) is 1.90. The van der Waals surface area contributed by atoms with E-state index in [0.717, 1.165) is 30.2 Å². The molecule has 2 rings (SSSR count). The van der Waals surface area contributed by atoms with Crippen LogP contribution in [0.2, 0.25) is 0 Å². The number of rotatable bonds is 8. The van der Waals surface area contributed by atoms with Crippen molar-refractivity contribution in [1.82, 2.24) is 14.6 Å². The van der Waals surface area contributed by atoms with Gasteiger partial charge in [0.2, 0.25) is 5.92 Å². The lowest BCUT2D eigenvalue weighted by molar-refractivity contribution is -0.0756. The Hall–Kier alpha value is -2.02. The second-order valence-electron chi connectivity index (χ2n) is 8.87. The van der Waals surface area contributed by atoms with E-state index in [1.807, 2.05) is 13.0 Å². The van der Waals surface area contributed by atoms with Gasteiger partial charge in [-0.15, -0.1) is 0 Å².